The lowest BCUT2D eigenvalue weighted by Crippen LogP contribution is -2.28. The van der Waals surface area contributed by atoms with Gasteiger partial charge in [-0.25, -0.2) is 0 Å². The number of ether oxygens (including phenoxy) is 2. The van der Waals surface area contributed by atoms with E-state index in [2.05, 4.69) is 5.32 Å². The number of methoxy groups -OCH3 is 1. The van der Waals surface area contributed by atoms with E-state index in [1.807, 2.05) is 12.1 Å². The van der Waals surface area contributed by atoms with Crippen LogP contribution in [0.4, 0.5) is 0 Å². The summed E-state index contributed by atoms with van der Waals surface area (Å²) in [6.07, 6.45) is 2.37. The Balaban J connectivity index is 1.82. The van der Waals surface area contributed by atoms with E-state index < -0.39 is 0 Å². The Morgan fingerprint density at radius 3 is 3.11 bits per heavy atom. The zero-order chi connectivity index (χ0) is 12.8. The normalized spacial score (nSPS) is 19.7. The van der Waals surface area contributed by atoms with Gasteiger partial charge in [0.25, 0.3) is 0 Å². The van der Waals surface area contributed by atoms with Crippen LogP contribution in [0.1, 0.15) is 18.4 Å². The lowest BCUT2D eigenvalue weighted by atomic mass is 10.0. The van der Waals surface area contributed by atoms with Gasteiger partial charge in [0, 0.05) is 25.3 Å². The average molecular weight is 251 g/mol. The molecule has 1 aromatic carbocycles. The molecule has 0 aromatic heterocycles. The Morgan fingerprint density at radius 1 is 1.50 bits per heavy atom. The third-order valence-corrected chi connectivity index (χ3v) is 3.31. The van der Waals surface area contributed by atoms with Crippen LogP contribution >= 0.6 is 0 Å². The van der Waals surface area contributed by atoms with Crippen molar-refractivity contribution in [2.75, 3.05) is 26.9 Å². The molecule has 1 aliphatic heterocycles. The number of phenolic OH excluding ortho intramolecular Hbond substituents is 1. The highest BCUT2D eigenvalue weighted by atomic mass is 16.5. The van der Waals surface area contributed by atoms with E-state index in [0.29, 0.717) is 18.2 Å². The predicted molar refractivity (Wildman–Crippen MR) is 69.9 cm³/mol. The first-order chi connectivity index (χ1) is 8.81. The van der Waals surface area contributed by atoms with Gasteiger partial charge in [0.1, 0.15) is 0 Å². The summed E-state index contributed by atoms with van der Waals surface area (Å²) in [6.45, 7) is 3.32. The maximum Gasteiger partial charge on any atom is 0.162 e. The second-order valence-electron chi connectivity index (χ2n) is 4.68. The minimum absolute atomic E-state index is 0.229. The van der Waals surface area contributed by atoms with Crippen LogP contribution in [0.3, 0.4) is 0 Å². The number of nitrogens with one attached hydrogen (secondary N) is 1. The molecule has 0 bridgehead atoms. The molecule has 1 atom stereocenters. The van der Waals surface area contributed by atoms with Crippen molar-refractivity contribution in [1.82, 2.24) is 5.32 Å². The molecular weight excluding hydrogens is 230 g/mol. The number of benzene rings is 1. The molecule has 0 radical (unpaired) electrons. The van der Waals surface area contributed by atoms with E-state index in [1.54, 1.807) is 13.2 Å². The van der Waals surface area contributed by atoms with Crippen molar-refractivity contribution < 1.29 is 14.6 Å². The van der Waals surface area contributed by atoms with Crippen LogP contribution < -0.4 is 10.1 Å². The van der Waals surface area contributed by atoms with Crippen molar-refractivity contribution in [3.63, 3.8) is 0 Å². The molecule has 1 aliphatic rings. The Morgan fingerprint density at radius 2 is 2.39 bits per heavy atom. The van der Waals surface area contributed by atoms with E-state index in [9.17, 15) is 5.11 Å². The highest BCUT2D eigenvalue weighted by Gasteiger charge is 2.13. The van der Waals surface area contributed by atoms with E-state index >= 15 is 0 Å². The van der Waals surface area contributed by atoms with Gasteiger partial charge in [0.05, 0.1) is 13.7 Å². The molecule has 1 saturated heterocycles. The lowest BCUT2D eigenvalue weighted by Gasteiger charge is -2.22. The van der Waals surface area contributed by atoms with Crippen LogP contribution in [-0.4, -0.2) is 32.0 Å². The van der Waals surface area contributed by atoms with Crippen molar-refractivity contribution in [1.29, 1.82) is 0 Å². The van der Waals surface area contributed by atoms with Gasteiger partial charge in [-0.15, -0.1) is 0 Å². The van der Waals surface area contributed by atoms with Crippen LogP contribution in [0.5, 0.6) is 11.5 Å². The lowest BCUT2D eigenvalue weighted by molar-refractivity contribution is 0.0547. The topological polar surface area (TPSA) is 50.7 Å². The fourth-order valence-electron chi connectivity index (χ4n) is 2.25. The third-order valence-electron chi connectivity index (χ3n) is 3.31. The Labute approximate surface area is 108 Å². The monoisotopic (exact) mass is 251 g/mol. The van der Waals surface area contributed by atoms with Crippen molar-refractivity contribution in [3.05, 3.63) is 23.8 Å². The summed E-state index contributed by atoms with van der Waals surface area (Å²) in [5, 5.41) is 13.3. The van der Waals surface area contributed by atoms with Gasteiger partial charge in [-0.1, -0.05) is 12.1 Å². The molecule has 1 fully saturated rings. The summed E-state index contributed by atoms with van der Waals surface area (Å²) in [5.74, 6) is 1.34. The SMILES string of the molecule is COc1cccc(CNCC2CCCOC2)c1O. The zero-order valence-corrected chi connectivity index (χ0v) is 10.8. The first kappa shape index (κ1) is 13.2. The predicted octanol–water partition coefficient (Wildman–Crippen LogP) is 1.92. The average Bonchev–Trinajstić information content (AvgIpc) is 2.42. The van der Waals surface area contributed by atoms with E-state index in [-0.39, 0.29) is 5.75 Å². The highest BCUT2D eigenvalue weighted by molar-refractivity contribution is 5.45. The largest absolute Gasteiger partial charge is 0.504 e. The first-order valence-electron chi connectivity index (χ1n) is 6.44. The van der Waals surface area contributed by atoms with Crippen molar-refractivity contribution in [3.8, 4) is 11.5 Å². The fourth-order valence-corrected chi connectivity index (χ4v) is 2.25. The standard InChI is InChI=1S/C14H21NO3/c1-17-13-6-2-5-12(14(13)16)9-15-8-11-4-3-7-18-10-11/h2,5-6,11,15-16H,3-4,7-10H2,1H3. The van der Waals surface area contributed by atoms with Gasteiger partial charge < -0.3 is 19.9 Å². The van der Waals surface area contributed by atoms with Crippen molar-refractivity contribution >= 4 is 0 Å². The summed E-state index contributed by atoms with van der Waals surface area (Å²) in [4.78, 5) is 0. The second kappa shape index (κ2) is 6.61. The zero-order valence-electron chi connectivity index (χ0n) is 10.8. The van der Waals surface area contributed by atoms with Gasteiger partial charge >= 0.3 is 0 Å². The van der Waals surface area contributed by atoms with Gasteiger partial charge in [-0.2, -0.15) is 0 Å². The van der Waals surface area contributed by atoms with E-state index in [0.717, 1.165) is 31.7 Å². The van der Waals surface area contributed by atoms with Crippen LogP contribution in [-0.2, 0) is 11.3 Å². The van der Waals surface area contributed by atoms with Crippen LogP contribution in [0.2, 0.25) is 0 Å². The summed E-state index contributed by atoms with van der Waals surface area (Å²) >= 11 is 0. The minimum Gasteiger partial charge on any atom is -0.504 e. The Kier molecular flexibility index (Phi) is 4.84. The Bertz CT molecular complexity index is 375. The van der Waals surface area contributed by atoms with Gasteiger partial charge in [-0.05, 0) is 24.8 Å². The second-order valence-corrected chi connectivity index (χ2v) is 4.68. The summed E-state index contributed by atoms with van der Waals surface area (Å²) < 4.78 is 10.5. The number of rotatable bonds is 5. The molecule has 100 valence electrons. The molecule has 1 aromatic rings. The molecule has 18 heavy (non-hydrogen) atoms. The summed E-state index contributed by atoms with van der Waals surface area (Å²) in [6, 6.07) is 5.55. The number of para-hydroxylation sites is 1. The number of hydrogen-bond acceptors (Lipinski definition) is 4. The molecule has 0 aliphatic carbocycles. The molecule has 4 heteroatoms. The molecule has 0 amide bonds. The number of aromatic hydroxyl groups is 1. The van der Waals surface area contributed by atoms with Crippen LogP contribution in [0.15, 0.2) is 18.2 Å². The molecule has 1 heterocycles. The molecular formula is C14H21NO3. The fraction of sp³-hybridized carbons (Fsp3) is 0.571. The molecule has 1 unspecified atom stereocenters. The quantitative estimate of drug-likeness (QED) is 0.839. The van der Waals surface area contributed by atoms with Gasteiger partial charge in [0.15, 0.2) is 11.5 Å². The number of phenols is 1. The molecule has 0 spiro atoms. The maximum absolute atomic E-state index is 9.94. The summed E-state index contributed by atoms with van der Waals surface area (Å²) in [7, 11) is 1.56. The third kappa shape index (κ3) is 3.37. The number of hydrogen-bond donors (Lipinski definition) is 2. The summed E-state index contributed by atoms with van der Waals surface area (Å²) in [5.41, 5.74) is 0.867. The van der Waals surface area contributed by atoms with E-state index in [1.165, 1.54) is 6.42 Å². The molecule has 2 rings (SSSR count). The minimum atomic E-state index is 0.229. The maximum atomic E-state index is 9.94. The van der Waals surface area contributed by atoms with Crippen molar-refractivity contribution in [2.24, 2.45) is 5.92 Å². The van der Waals surface area contributed by atoms with Crippen molar-refractivity contribution in [2.45, 2.75) is 19.4 Å². The van der Waals surface area contributed by atoms with E-state index in [4.69, 9.17) is 9.47 Å². The Hall–Kier alpha value is -1.26. The molecule has 4 nitrogen and oxygen atoms in total. The van der Waals surface area contributed by atoms with Crippen LogP contribution in [0.25, 0.3) is 0 Å². The smallest absolute Gasteiger partial charge is 0.162 e. The van der Waals surface area contributed by atoms with Gasteiger partial charge in [0.2, 0.25) is 0 Å². The highest BCUT2D eigenvalue weighted by Crippen LogP contribution is 2.29. The molecule has 2 N–H and O–H groups in total. The first-order valence-corrected chi connectivity index (χ1v) is 6.44. The molecule has 0 saturated carbocycles. The van der Waals surface area contributed by atoms with Gasteiger partial charge in [-0.3, -0.25) is 0 Å². The van der Waals surface area contributed by atoms with Crippen LogP contribution in [0, 0.1) is 5.92 Å².